The third kappa shape index (κ3) is 8.82. The second-order valence-corrected chi connectivity index (χ2v) is 11.1. The van der Waals surface area contributed by atoms with Crippen molar-refractivity contribution >= 4 is 17.7 Å². The second-order valence-electron chi connectivity index (χ2n) is 11.1. The van der Waals surface area contributed by atoms with Gasteiger partial charge in [0.15, 0.2) is 0 Å². The van der Waals surface area contributed by atoms with Crippen LogP contribution in [0.2, 0.25) is 0 Å². The van der Waals surface area contributed by atoms with Crippen LogP contribution in [-0.2, 0) is 20.9 Å². The fourth-order valence-electron chi connectivity index (χ4n) is 4.57. The predicted molar refractivity (Wildman–Crippen MR) is 132 cm³/mol. The Morgan fingerprint density at radius 3 is 2.36 bits per heavy atom. The third-order valence-electron chi connectivity index (χ3n) is 6.43. The average molecular weight is 458 g/mol. The molecule has 1 aromatic carbocycles. The minimum Gasteiger partial charge on any atom is -0.369 e. The summed E-state index contributed by atoms with van der Waals surface area (Å²) in [6.07, 6.45) is 4.35. The Balaban J connectivity index is 2.16. The first-order valence-corrected chi connectivity index (χ1v) is 12.4. The van der Waals surface area contributed by atoms with E-state index in [0.717, 1.165) is 24.8 Å². The molecular weight excluding hydrogens is 414 g/mol. The molecule has 3 unspecified atom stereocenters. The molecule has 1 fully saturated rings. The summed E-state index contributed by atoms with van der Waals surface area (Å²) in [5, 5.41) is 3.02. The molecular formula is C27H43N3O3. The van der Waals surface area contributed by atoms with Crippen molar-refractivity contribution in [2.75, 3.05) is 6.54 Å². The van der Waals surface area contributed by atoms with Crippen molar-refractivity contribution in [2.45, 2.75) is 85.7 Å². The fraction of sp³-hybridized carbons (Fsp3) is 0.667. The van der Waals surface area contributed by atoms with Crippen LogP contribution in [0.1, 0.15) is 78.7 Å². The number of primary amides is 1. The Hall–Kier alpha value is -2.37. The van der Waals surface area contributed by atoms with Gasteiger partial charge in [0.25, 0.3) is 0 Å². The van der Waals surface area contributed by atoms with E-state index in [4.69, 9.17) is 5.73 Å². The molecule has 0 bridgehead atoms. The molecule has 1 saturated heterocycles. The standard InChI is InChI=1S/C27H43N3O3/c1-19(2)17-22(21(24(28)31)14-15-27(3,4)5)25(32)29-23-13-9-10-16-30(26(23)33)18-20-11-7-6-8-12-20/h6-8,11-12,19,21-23H,9-10,13-18H2,1-5H3,(H2,28,31)(H,29,32). The van der Waals surface area contributed by atoms with Gasteiger partial charge in [-0.15, -0.1) is 0 Å². The van der Waals surface area contributed by atoms with Gasteiger partial charge in [-0.1, -0.05) is 65.0 Å². The molecule has 3 atom stereocenters. The van der Waals surface area contributed by atoms with Crippen LogP contribution < -0.4 is 11.1 Å². The molecule has 184 valence electrons. The summed E-state index contributed by atoms with van der Waals surface area (Å²) in [4.78, 5) is 41.0. The highest BCUT2D eigenvalue weighted by molar-refractivity contribution is 5.91. The predicted octanol–water partition coefficient (Wildman–Crippen LogP) is 4.27. The van der Waals surface area contributed by atoms with Crippen molar-refractivity contribution < 1.29 is 14.4 Å². The van der Waals surface area contributed by atoms with E-state index in [1.54, 1.807) is 0 Å². The number of rotatable bonds is 10. The molecule has 6 heteroatoms. The largest absolute Gasteiger partial charge is 0.369 e. The number of nitrogens with zero attached hydrogens (tertiary/aromatic N) is 1. The quantitative estimate of drug-likeness (QED) is 0.549. The van der Waals surface area contributed by atoms with Gasteiger partial charge < -0.3 is 16.0 Å². The zero-order valence-electron chi connectivity index (χ0n) is 21.1. The van der Waals surface area contributed by atoms with Crippen molar-refractivity contribution in [1.29, 1.82) is 0 Å². The lowest BCUT2D eigenvalue weighted by Crippen LogP contribution is -2.50. The molecule has 1 aliphatic rings. The number of benzene rings is 1. The van der Waals surface area contributed by atoms with Crippen LogP contribution in [0.4, 0.5) is 0 Å². The summed E-state index contributed by atoms with van der Waals surface area (Å²) in [5.74, 6) is -1.52. The minimum atomic E-state index is -0.561. The topological polar surface area (TPSA) is 92.5 Å². The maximum absolute atomic E-state index is 13.5. The van der Waals surface area contributed by atoms with E-state index >= 15 is 0 Å². The van der Waals surface area contributed by atoms with Gasteiger partial charge in [-0.25, -0.2) is 0 Å². The van der Waals surface area contributed by atoms with E-state index in [-0.39, 0.29) is 23.1 Å². The summed E-state index contributed by atoms with van der Waals surface area (Å²) in [5.41, 5.74) is 6.90. The fourth-order valence-corrected chi connectivity index (χ4v) is 4.57. The van der Waals surface area contributed by atoms with E-state index < -0.39 is 23.8 Å². The molecule has 3 amide bonds. The summed E-state index contributed by atoms with van der Waals surface area (Å²) in [6, 6.07) is 9.35. The van der Waals surface area contributed by atoms with Gasteiger partial charge in [0.1, 0.15) is 6.04 Å². The van der Waals surface area contributed by atoms with E-state index in [9.17, 15) is 14.4 Å². The molecule has 0 spiro atoms. The number of carbonyl (C=O) groups is 3. The summed E-state index contributed by atoms with van der Waals surface area (Å²) >= 11 is 0. The van der Waals surface area contributed by atoms with Crippen LogP contribution >= 0.6 is 0 Å². The molecule has 1 aliphatic heterocycles. The van der Waals surface area contributed by atoms with Crippen molar-refractivity contribution in [3.63, 3.8) is 0 Å². The normalized spacial score (nSPS) is 19.2. The van der Waals surface area contributed by atoms with Crippen molar-refractivity contribution in [3.05, 3.63) is 35.9 Å². The van der Waals surface area contributed by atoms with Gasteiger partial charge in [0.2, 0.25) is 17.7 Å². The van der Waals surface area contributed by atoms with Crippen molar-refractivity contribution in [3.8, 4) is 0 Å². The first kappa shape index (κ1) is 26.9. The first-order valence-electron chi connectivity index (χ1n) is 12.4. The Bertz CT molecular complexity index is 786. The monoisotopic (exact) mass is 457 g/mol. The van der Waals surface area contributed by atoms with Gasteiger partial charge in [-0.05, 0) is 55.4 Å². The molecule has 0 aliphatic carbocycles. The van der Waals surface area contributed by atoms with Gasteiger partial charge in [-0.3, -0.25) is 14.4 Å². The highest BCUT2D eigenvalue weighted by Crippen LogP contribution is 2.30. The van der Waals surface area contributed by atoms with Gasteiger partial charge in [0, 0.05) is 24.9 Å². The smallest absolute Gasteiger partial charge is 0.245 e. The van der Waals surface area contributed by atoms with Crippen LogP contribution in [0.5, 0.6) is 0 Å². The molecule has 0 saturated carbocycles. The first-order chi connectivity index (χ1) is 15.5. The summed E-state index contributed by atoms with van der Waals surface area (Å²) in [6.45, 7) is 11.7. The van der Waals surface area contributed by atoms with E-state index in [1.165, 1.54) is 0 Å². The number of nitrogens with one attached hydrogen (secondary N) is 1. The van der Waals surface area contributed by atoms with E-state index in [0.29, 0.717) is 32.4 Å². The average Bonchev–Trinajstić information content (AvgIpc) is 2.88. The number of amides is 3. The van der Waals surface area contributed by atoms with Gasteiger partial charge >= 0.3 is 0 Å². The highest BCUT2D eigenvalue weighted by Gasteiger charge is 2.36. The highest BCUT2D eigenvalue weighted by atomic mass is 16.2. The summed E-state index contributed by atoms with van der Waals surface area (Å²) < 4.78 is 0. The lowest BCUT2D eigenvalue weighted by atomic mass is 9.78. The van der Waals surface area contributed by atoms with Crippen LogP contribution in [0.25, 0.3) is 0 Å². The Morgan fingerprint density at radius 2 is 1.79 bits per heavy atom. The molecule has 33 heavy (non-hydrogen) atoms. The van der Waals surface area contributed by atoms with E-state index in [1.807, 2.05) is 49.1 Å². The summed E-state index contributed by atoms with van der Waals surface area (Å²) in [7, 11) is 0. The lowest BCUT2D eigenvalue weighted by Gasteiger charge is -2.30. The Morgan fingerprint density at radius 1 is 1.12 bits per heavy atom. The zero-order valence-corrected chi connectivity index (χ0v) is 21.1. The molecule has 1 aromatic rings. The van der Waals surface area contributed by atoms with Crippen LogP contribution in [0.15, 0.2) is 30.3 Å². The SMILES string of the molecule is CC(C)CC(C(=O)NC1CCCCN(Cc2ccccc2)C1=O)C(CCC(C)(C)C)C(N)=O. The second kappa shape index (κ2) is 12.2. The number of likely N-dealkylation sites (tertiary alicyclic amines) is 1. The number of carbonyl (C=O) groups excluding carboxylic acids is 3. The zero-order chi connectivity index (χ0) is 24.6. The van der Waals surface area contributed by atoms with Crippen molar-refractivity contribution in [2.24, 2.45) is 28.9 Å². The molecule has 6 nitrogen and oxygen atoms in total. The van der Waals surface area contributed by atoms with Crippen LogP contribution in [-0.4, -0.2) is 35.2 Å². The maximum Gasteiger partial charge on any atom is 0.245 e. The number of hydrogen-bond acceptors (Lipinski definition) is 3. The molecule has 2 rings (SSSR count). The molecule has 0 aromatic heterocycles. The molecule has 1 heterocycles. The van der Waals surface area contributed by atoms with Crippen LogP contribution in [0.3, 0.4) is 0 Å². The third-order valence-corrected chi connectivity index (χ3v) is 6.43. The Labute approximate surface area is 199 Å². The minimum absolute atomic E-state index is 0.0432. The van der Waals surface area contributed by atoms with Gasteiger partial charge in [-0.2, -0.15) is 0 Å². The number of hydrogen-bond donors (Lipinski definition) is 2. The van der Waals surface area contributed by atoms with Gasteiger partial charge in [0.05, 0.1) is 0 Å². The van der Waals surface area contributed by atoms with E-state index in [2.05, 4.69) is 26.1 Å². The lowest BCUT2D eigenvalue weighted by molar-refractivity contribution is -0.139. The molecule has 3 N–H and O–H groups in total. The van der Waals surface area contributed by atoms with Crippen molar-refractivity contribution in [1.82, 2.24) is 10.2 Å². The Kier molecular flexibility index (Phi) is 9.93. The molecule has 0 radical (unpaired) electrons. The van der Waals surface area contributed by atoms with Crippen LogP contribution in [0, 0.1) is 23.2 Å². The maximum atomic E-state index is 13.5. The number of nitrogens with two attached hydrogens (primary N) is 1.